The number of morpholine rings is 1. The van der Waals surface area contributed by atoms with Crippen molar-refractivity contribution in [2.45, 2.75) is 57.7 Å². The van der Waals surface area contributed by atoms with E-state index in [1.165, 1.54) is 0 Å². The minimum absolute atomic E-state index is 0.0302. The van der Waals surface area contributed by atoms with E-state index >= 15 is 0 Å². The van der Waals surface area contributed by atoms with Crippen LogP contribution in [0.25, 0.3) is 0 Å². The zero-order chi connectivity index (χ0) is 14.5. The van der Waals surface area contributed by atoms with Crippen LogP contribution in [0.5, 0.6) is 0 Å². The summed E-state index contributed by atoms with van der Waals surface area (Å²) in [5.74, 6) is 0.255. The molecule has 0 aromatic rings. The summed E-state index contributed by atoms with van der Waals surface area (Å²) in [5.41, 5.74) is 5.98. The summed E-state index contributed by atoms with van der Waals surface area (Å²) >= 11 is 0. The highest BCUT2D eigenvalue weighted by Gasteiger charge is 2.32. The van der Waals surface area contributed by atoms with Crippen molar-refractivity contribution in [3.05, 3.63) is 0 Å². The molecule has 116 valence electrons. The average molecular weight is 283 g/mol. The molecule has 1 saturated heterocycles. The Balaban J connectivity index is 1.93. The zero-order valence-electron chi connectivity index (χ0n) is 12.9. The second-order valence-corrected chi connectivity index (χ2v) is 6.01. The third-order valence-electron chi connectivity index (χ3n) is 4.75. The number of rotatable bonds is 4. The molecule has 1 atom stereocenters. The third-order valence-corrected chi connectivity index (χ3v) is 4.75. The average Bonchev–Trinajstić information content (AvgIpc) is 2.50. The largest absolute Gasteiger partial charge is 0.378 e. The van der Waals surface area contributed by atoms with Gasteiger partial charge in [0.05, 0.1) is 19.3 Å². The van der Waals surface area contributed by atoms with Gasteiger partial charge in [0.15, 0.2) is 0 Å². The molecule has 2 fully saturated rings. The highest BCUT2D eigenvalue weighted by atomic mass is 16.5. The molecule has 5 heteroatoms. The number of likely N-dealkylation sites (N-methyl/N-ethyl adjacent to an activating group) is 1. The first-order valence-electron chi connectivity index (χ1n) is 8.01. The third kappa shape index (κ3) is 3.71. The van der Waals surface area contributed by atoms with Crippen LogP contribution in [0.4, 0.5) is 0 Å². The molecule has 1 unspecified atom stereocenters. The predicted octanol–water partition coefficient (Wildman–Crippen LogP) is 0.826. The van der Waals surface area contributed by atoms with Crippen molar-refractivity contribution in [2.75, 3.05) is 32.8 Å². The topological polar surface area (TPSA) is 58.8 Å². The lowest BCUT2D eigenvalue weighted by atomic mass is 9.90. The van der Waals surface area contributed by atoms with Gasteiger partial charge in [0.25, 0.3) is 0 Å². The molecule has 2 aliphatic rings. The lowest BCUT2D eigenvalue weighted by Gasteiger charge is -2.40. The van der Waals surface area contributed by atoms with Crippen LogP contribution in [0.15, 0.2) is 0 Å². The number of carbonyl (C=O) groups excluding carboxylic acids is 1. The van der Waals surface area contributed by atoms with Gasteiger partial charge < -0.3 is 15.4 Å². The Kier molecular flexibility index (Phi) is 5.81. The van der Waals surface area contributed by atoms with E-state index in [0.29, 0.717) is 25.3 Å². The number of carbonyl (C=O) groups is 1. The molecule has 1 aliphatic heterocycles. The van der Waals surface area contributed by atoms with Crippen LogP contribution >= 0.6 is 0 Å². The first-order valence-corrected chi connectivity index (χ1v) is 8.01. The van der Waals surface area contributed by atoms with Crippen LogP contribution in [-0.4, -0.2) is 66.7 Å². The highest BCUT2D eigenvalue weighted by Crippen LogP contribution is 2.24. The number of nitrogens with zero attached hydrogens (tertiary/aromatic N) is 2. The van der Waals surface area contributed by atoms with Crippen LogP contribution in [0.3, 0.4) is 0 Å². The molecule has 0 aromatic carbocycles. The Morgan fingerprint density at radius 2 is 1.90 bits per heavy atom. The maximum atomic E-state index is 12.6. The summed E-state index contributed by atoms with van der Waals surface area (Å²) in [4.78, 5) is 16.9. The fraction of sp³-hybridized carbons (Fsp3) is 0.933. The van der Waals surface area contributed by atoms with E-state index < -0.39 is 0 Å². The SMILES string of the molecule is CCN(C1CCC(N)CC1)C(C)C(=O)N1CCOCC1. The van der Waals surface area contributed by atoms with Gasteiger partial charge in [-0.3, -0.25) is 9.69 Å². The smallest absolute Gasteiger partial charge is 0.239 e. The van der Waals surface area contributed by atoms with E-state index in [1.807, 2.05) is 4.90 Å². The molecule has 20 heavy (non-hydrogen) atoms. The molecule has 1 saturated carbocycles. The maximum Gasteiger partial charge on any atom is 0.239 e. The molecular formula is C15H29N3O2. The van der Waals surface area contributed by atoms with Crippen LogP contribution in [-0.2, 0) is 9.53 Å². The van der Waals surface area contributed by atoms with Gasteiger partial charge in [-0.1, -0.05) is 6.92 Å². The number of amides is 1. The van der Waals surface area contributed by atoms with E-state index in [1.54, 1.807) is 0 Å². The van der Waals surface area contributed by atoms with E-state index in [4.69, 9.17) is 10.5 Å². The van der Waals surface area contributed by atoms with Crippen molar-refractivity contribution in [1.82, 2.24) is 9.80 Å². The molecule has 0 bridgehead atoms. The standard InChI is InChI=1S/C15H29N3O2/c1-3-18(14-6-4-13(16)5-7-14)12(2)15(19)17-8-10-20-11-9-17/h12-14H,3-11,16H2,1-2H3. The van der Waals surface area contributed by atoms with Crippen molar-refractivity contribution in [1.29, 1.82) is 0 Å². The van der Waals surface area contributed by atoms with Gasteiger partial charge in [0.2, 0.25) is 5.91 Å². The molecule has 0 aromatic heterocycles. The van der Waals surface area contributed by atoms with E-state index in [9.17, 15) is 4.79 Å². The Bertz CT molecular complexity index is 310. The van der Waals surface area contributed by atoms with Crippen LogP contribution in [0.2, 0.25) is 0 Å². The Morgan fingerprint density at radius 1 is 1.30 bits per heavy atom. The monoisotopic (exact) mass is 283 g/mol. The fourth-order valence-electron chi connectivity index (χ4n) is 3.47. The lowest BCUT2D eigenvalue weighted by Crippen LogP contribution is -2.54. The van der Waals surface area contributed by atoms with Gasteiger partial charge in [-0.15, -0.1) is 0 Å². The van der Waals surface area contributed by atoms with Crippen LogP contribution < -0.4 is 5.73 Å². The van der Waals surface area contributed by atoms with Gasteiger partial charge in [-0.25, -0.2) is 0 Å². The number of nitrogens with two attached hydrogens (primary N) is 1. The normalized spacial score (nSPS) is 29.5. The van der Waals surface area contributed by atoms with Crippen molar-refractivity contribution in [3.8, 4) is 0 Å². The summed E-state index contributed by atoms with van der Waals surface area (Å²) < 4.78 is 5.32. The molecule has 1 heterocycles. The van der Waals surface area contributed by atoms with Gasteiger partial charge in [0, 0.05) is 25.2 Å². The number of ether oxygens (including phenoxy) is 1. The predicted molar refractivity (Wildman–Crippen MR) is 79.5 cm³/mol. The Hall–Kier alpha value is -0.650. The second kappa shape index (κ2) is 7.38. The van der Waals surface area contributed by atoms with Crippen LogP contribution in [0, 0.1) is 0 Å². The molecule has 1 amide bonds. The summed E-state index contributed by atoms with van der Waals surface area (Å²) in [5, 5.41) is 0. The van der Waals surface area contributed by atoms with Gasteiger partial charge in [-0.05, 0) is 39.2 Å². The van der Waals surface area contributed by atoms with Gasteiger partial charge in [-0.2, -0.15) is 0 Å². The quantitative estimate of drug-likeness (QED) is 0.830. The van der Waals surface area contributed by atoms with E-state index in [2.05, 4.69) is 18.7 Å². The minimum atomic E-state index is -0.0302. The zero-order valence-corrected chi connectivity index (χ0v) is 12.9. The molecule has 1 aliphatic carbocycles. The molecule has 2 N–H and O–H groups in total. The van der Waals surface area contributed by atoms with Crippen molar-refractivity contribution >= 4 is 5.91 Å². The van der Waals surface area contributed by atoms with E-state index in [0.717, 1.165) is 45.3 Å². The second-order valence-electron chi connectivity index (χ2n) is 6.01. The first kappa shape index (κ1) is 15.7. The van der Waals surface area contributed by atoms with Crippen molar-refractivity contribution < 1.29 is 9.53 Å². The van der Waals surface area contributed by atoms with Crippen molar-refractivity contribution in [2.24, 2.45) is 5.73 Å². The number of hydrogen-bond acceptors (Lipinski definition) is 4. The molecule has 5 nitrogen and oxygen atoms in total. The molecule has 2 rings (SSSR count). The summed E-state index contributed by atoms with van der Waals surface area (Å²) in [6, 6.07) is 0.840. The van der Waals surface area contributed by atoms with Gasteiger partial charge >= 0.3 is 0 Å². The Labute approximate surface area is 122 Å². The highest BCUT2D eigenvalue weighted by molar-refractivity contribution is 5.81. The van der Waals surface area contributed by atoms with Crippen molar-refractivity contribution in [3.63, 3.8) is 0 Å². The summed E-state index contributed by atoms with van der Waals surface area (Å²) in [7, 11) is 0. The summed E-state index contributed by atoms with van der Waals surface area (Å²) in [6.07, 6.45) is 4.41. The molecular weight excluding hydrogens is 254 g/mol. The van der Waals surface area contributed by atoms with Gasteiger partial charge in [0.1, 0.15) is 0 Å². The lowest BCUT2D eigenvalue weighted by molar-refractivity contribution is -0.141. The maximum absolute atomic E-state index is 12.6. The Morgan fingerprint density at radius 3 is 2.45 bits per heavy atom. The number of hydrogen-bond donors (Lipinski definition) is 1. The molecule has 0 radical (unpaired) electrons. The summed E-state index contributed by atoms with van der Waals surface area (Å²) in [6.45, 7) is 7.93. The minimum Gasteiger partial charge on any atom is -0.378 e. The van der Waals surface area contributed by atoms with Crippen LogP contribution in [0.1, 0.15) is 39.5 Å². The first-order chi connectivity index (χ1) is 9.63. The molecule has 0 spiro atoms. The van der Waals surface area contributed by atoms with E-state index in [-0.39, 0.29) is 11.9 Å². The fourth-order valence-corrected chi connectivity index (χ4v) is 3.47.